The minimum Gasteiger partial charge on any atom is -0.286 e. The molecular weight excluding hydrogens is 520 g/mol. The molecule has 0 atom stereocenters. The summed E-state index contributed by atoms with van der Waals surface area (Å²) >= 11 is 1.78. The molecular formula is C36H24N4S. The molecule has 0 aliphatic carbocycles. The summed E-state index contributed by atoms with van der Waals surface area (Å²) in [5.74, 6) is 1.58. The van der Waals surface area contributed by atoms with E-state index in [0.29, 0.717) is 0 Å². The van der Waals surface area contributed by atoms with Crippen LogP contribution in [0.5, 0.6) is 0 Å². The molecule has 0 bridgehead atoms. The van der Waals surface area contributed by atoms with Crippen molar-refractivity contribution >= 4 is 22.7 Å². The van der Waals surface area contributed by atoms with Gasteiger partial charge >= 0.3 is 0 Å². The molecule has 0 fully saturated rings. The Hall–Kier alpha value is -5.00. The fourth-order valence-electron chi connectivity index (χ4n) is 5.58. The minimum absolute atomic E-state index is 0.717. The molecule has 194 valence electrons. The Morgan fingerprint density at radius 2 is 1.17 bits per heavy atom. The summed E-state index contributed by atoms with van der Waals surface area (Å²) in [6.07, 6.45) is 0. The highest BCUT2D eigenvalue weighted by Gasteiger charge is 2.27. The Labute approximate surface area is 242 Å². The van der Waals surface area contributed by atoms with Crippen LogP contribution in [0.3, 0.4) is 0 Å². The summed E-state index contributed by atoms with van der Waals surface area (Å²) in [4.78, 5) is 15.4. The molecule has 0 unspecified atom stereocenters. The molecule has 4 nitrogen and oxygen atoms in total. The minimum atomic E-state index is 0.717. The number of imidazole rings is 1. The first-order valence-corrected chi connectivity index (χ1v) is 14.6. The highest BCUT2D eigenvalue weighted by atomic mass is 32.2. The number of hydrogen-bond donors (Lipinski definition) is 0. The number of benzene rings is 5. The third-order valence-corrected chi connectivity index (χ3v) is 8.52. The number of rotatable bonds is 4. The molecule has 8 rings (SSSR count). The van der Waals surface area contributed by atoms with Crippen LogP contribution in [0.4, 0.5) is 0 Å². The van der Waals surface area contributed by atoms with Crippen molar-refractivity contribution in [3.8, 4) is 50.8 Å². The standard InChI is InChI=1S/C36H24N4S/c1-4-12-24(13-5-1)32-29-18-10-11-19-30(29)37-35(38-32)27-20-21-28-23-41-36-39-33(25-14-6-2-7-15-25)34(40(36)31(28)22-27)26-16-8-3-9-17-26/h1-22H,23H2. The smallest absolute Gasteiger partial charge is 0.174 e. The Balaban J connectivity index is 1.35. The largest absolute Gasteiger partial charge is 0.286 e. The molecule has 3 heterocycles. The number of fused-ring (bicyclic) bond motifs is 4. The maximum absolute atomic E-state index is 5.19. The fraction of sp³-hybridized carbons (Fsp3) is 0.0278. The van der Waals surface area contributed by atoms with Gasteiger partial charge in [-0.1, -0.05) is 133 Å². The average Bonchev–Trinajstić information content (AvgIpc) is 3.46. The maximum atomic E-state index is 5.19. The van der Waals surface area contributed by atoms with Gasteiger partial charge in [-0.05, 0) is 17.7 Å². The molecule has 2 aromatic heterocycles. The first-order chi connectivity index (χ1) is 20.3. The molecule has 0 N–H and O–H groups in total. The number of para-hydroxylation sites is 1. The fourth-order valence-corrected chi connectivity index (χ4v) is 6.58. The van der Waals surface area contributed by atoms with Gasteiger partial charge in [-0.15, -0.1) is 0 Å². The Morgan fingerprint density at radius 3 is 1.90 bits per heavy atom. The van der Waals surface area contributed by atoms with E-state index < -0.39 is 0 Å². The van der Waals surface area contributed by atoms with Crippen molar-refractivity contribution in [3.05, 3.63) is 139 Å². The quantitative estimate of drug-likeness (QED) is 0.222. The topological polar surface area (TPSA) is 43.6 Å². The van der Waals surface area contributed by atoms with Crippen molar-refractivity contribution < 1.29 is 0 Å². The normalized spacial score (nSPS) is 12.2. The predicted octanol–water partition coefficient (Wildman–Crippen LogP) is 9.09. The van der Waals surface area contributed by atoms with Crippen molar-refractivity contribution in [2.45, 2.75) is 10.9 Å². The van der Waals surface area contributed by atoms with Crippen molar-refractivity contribution in [2.75, 3.05) is 0 Å². The van der Waals surface area contributed by atoms with E-state index in [-0.39, 0.29) is 0 Å². The molecule has 0 saturated carbocycles. The van der Waals surface area contributed by atoms with Crippen molar-refractivity contribution in [1.82, 2.24) is 19.5 Å². The van der Waals surface area contributed by atoms with Crippen LogP contribution in [0, 0.1) is 0 Å². The first kappa shape index (κ1) is 23.9. The average molecular weight is 545 g/mol. The van der Waals surface area contributed by atoms with Crippen LogP contribution in [-0.4, -0.2) is 19.5 Å². The van der Waals surface area contributed by atoms with Gasteiger partial charge in [0.2, 0.25) is 0 Å². The zero-order valence-corrected chi connectivity index (χ0v) is 22.9. The number of nitrogens with zero attached hydrogens (tertiary/aromatic N) is 4. The lowest BCUT2D eigenvalue weighted by Crippen LogP contribution is -2.08. The van der Waals surface area contributed by atoms with Crippen LogP contribution in [0.1, 0.15) is 5.56 Å². The van der Waals surface area contributed by atoms with E-state index in [9.17, 15) is 0 Å². The third kappa shape index (κ3) is 4.14. The number of aromatic nitrogens is 4. The molecule has 0 saturated heterocycles. The van der Waals surface area contributed by atoms with E-state index in [0.717, 1.165) is 72.7 Å². The summed E-state index contributed by atoms with van der Waals surface area (Å²) in [7, 11) is 0. The van der Waals surface area contributed by atoms with Gasteiger partial charge in [-0.3, -0.25) is 4.57 Å². The maximum Gasteiger partial charge on any atom is 0.174 e. The first-order valence-electron chi connectivity index (χ1n) is 13.7. The zero-order chi connectivity index (χ0) is 27.2. The van der Waals surface area contributed by atoms with Crippen molar-refractivity contribution in [3.63, 3.8) is 0 Å². The monoisotopic (exact) mass is 544 g/mol. The Bertz CT molecular complexity index is 2030. The molecule has 41 heavy (non-hydrogen) atoms. The molecule has 7 aromatic rings. The zero-order valence-electron chi connectivity index (χ0n) is 22.1. The van der Waals surface area contributed by atoms with Crippen LogP contribution in [0.2, 0.25) is 0 Å². The lowest BCUT2D eigenvalue weighted by molar-refractivity contribution is 0.877. The van der Waals surface area contributed by atoms with Gasteiger partial charge in [0.1, 0.15) is 0 Å². The van der Waals surface area contributed by atoms with Gasteiger partial charge in [0.05, 0.1) is 28.3 Å². The second kappa shape index (κ2) is 9.88. The van der Waals surface area contributed by atoms with E-state index in [2.05, 4.69) is 114 Å². The van der Waals surface area contributed by atoms with Gasteiger partial charge in [-0.25, -0.2) is 15.0 Å². The van der Waals surface area contributed by atoms with Crippen LogP contribution < -0.4 is 0 Å². The van der Waals surface area contributed by atoms with Gasteiger partial charge in [0, 0.05) is 33.4 Å². The molecule has 0 spiro atoms. The highest BCUT2D eigenvalue weighted by Crippen LogP contribution is 2.44. The molecule has 1 aliphatic heterocycles. The molecule has 5 aromatic carbocycles. The van der Waals surface area contributed by atoms with Gasteiger partial charge in [0.15, 0.2) is 11.0 Å². The van der Waals surface area contributed by atoms with Crippen LogP contribution in [-0.2, 0) is 5.75 Å². The molecule has 0 radical (unpaired) electrons. The summed E-state index contributed by atoms with van der Waals surface area (Å²) in [6, 6.07) is 46.2. The Morgan fingerprint density at radius 1 is 0.537 bits per heavy atom. The van der Waals surface area contributed by atoms with Gasteiger partial charge in [0.25, 0.3) is 0 Å². The third-order valence-electron chi connectivity index (χ3n) is 7.53. The van der Waals surface area contributed by atoms with Gasteiger partial charge < -0.3 is 0 Å². The number of thioether (sulfide) groups is 1. The second-order valence-corrected chi connectivity index (χ2v) is 11.0. The lowest BCUT2D eigenvalue weighted by Gasteiger charge is -2.21. The summed E-state index contributed by atoms with van der Waals surface area (Å²) in [6.45, 7) is 0. The van der Waals surface area contributed by atoms with Gasteiger partial charge in [-0.2, -0.15) is 0 Å². The van der Waals surface area contributed by atoms with E-state index in [4.69, 9.17) is 15.0 Å². The van der Waals surface area contributed by atoms with E-state index in [1.807, 2.05) is 24.3 Å². The Kier molecular flexibility index (Phi) is 5.75. The number of hydrogen-bond acceptors (Lipinski definition) is 4. The molecule has 1 aliphatic rings. The van der Waals surface area contributed by atoms with Crippen molar-refractivity contribution in [2.24, 2.45) is 0 Å². The van der Waals surface area contributed by atoms with E-state index in [1.54, 1.807) is 11.8 Å². The van der Waals surface area contributed by atoms with Crippen molar-refractivity contribution in [1.29, 1.82) is 0 Å². The van der Waals surface area contributed by atoms with E-state index in [1.165, 1.54) is 5.56 Å². The summed E-state index contributed by atoms with van der Waals surface area (Å²) < 4.78 is 2.32. The lowest BCUT2D eigenvalue weighted by atomic mass is 10.0. The second-order valence-electron chi connectivity index (χ2n) is 10.1. The highest BCUT2D eigenvalue weighted by molar-refractivity contribution is 7.98. The summed E-state index contributed by atoms with van der Waals surface area (Å²) in [5, 5.41) is 2.05. The summed E-state index contributed by atoms with van der Waals surface area (Å²) in [5.41, 5.74) is 10.7. The van der Waals surface area contributed by atoms with Crippen LogP contribution in [0.15, 0.2) is 139 Å². The molecule has 0 amide bonds. The SMILES string of the molecule is c1ccc(-c2nc3n(c2-c2ccccc2)-c2cc(-c4nc(-c5ccccc5)c5ccccc5n4)ccc2CS3)cc1. The molecule has 5 heteroatoms. The van der Waals surface area contributed by atoms with Crippen LogP contribution in [0.25, 0.3) is 61.8 Å². The predicted molar refractivity (Wildman–Crippen MR) is 168 cm³/mol. The van der Waals surface area contributed by atoms with E-state index >= 15 is 0 Å². The van der Waals surface area contributed by atoms with Crippen LogP contribution >= 0.6 is 11.8 Å².